The van der Waals surface area contributed by atoms with Crippen molar-refractivity contribution in [3.05, 3.63) is 70.4 Å². The van der Waals surface area contributed by atoms with Crippen LogP contribution in [0, 0.1) is 13.8 Å². The van der Waals surface area contributed by atoms with E-state index in [1.165, 1.54) is 34.7 Å². The fourth-order valence-corrected chi connectivity index (χ4v) is 3.86. The Morgan fingerprint density at radius 3 is 2.72 bits per heavy atom. The number of aromatic nitrogens is 1. The molecule has 0 bridgehead atoms. The van der Waals surface area contributed by atoms with Crippen LogP contribution in [0.5, 0.6) is 0 Å². The number of aryl methyl sites for hydroxylation is 1. The normalized spacial score (nSPS) is 19.6. The van der Waals surface area contributed by atoms with Gasteiger partial charge < -0.3 is 9.72 Å². The maximum absolute atomic E-state index is 12.3. The van der Waals surface area contributed by atoms with Crippen LogP contribution in [0.4, 0.5) is 0 Å². The quantitative estimate of drug-likeness (QED) is 0.705. The third-order valence-corrected chi connectivity index (χ3v) is 5.35. The number of para-hydroxylation sites is 1. The van der Waals surface area contributed by atoms with E-state index in [0.29, 0.717) is 6.42 Å². The Bertz CT molecular complexity index is 958. The van der Waals surface area contributed by atoms with Gasteiger partial charge in [0.1, 0.15) is 6.04 Å². The van der Waals surface area contributed by atoms with Gasteiger partial charge in [-0.2, -0.15) is 0 Å². The molecule has 2 heterocycles. The first kappa shape index (κ1) is 15.9. The molecule has 2 atom stereocenters. The van der Waals surface area contributed by atoms with Gasteiger partial charge in [0.15, 0.2) is 0 Å². The van der Waals surface area contributed by atoms with E-state index in [0.717, 1.165) is 11.2 Å². The molecule has 1 aliphatic rings. The van der Waals surface area contributed by atoms with Gasteiger partial charge in [0.05, 0.1) is 13.2 Å². The van der Waals surface area contributed by atoms with Gasteiger partial charge in [-0.05, 0) is 42.2 Å². The summed E-state index contributed by atoms with van der Waals surface area (Å²) in [5.74, 6) is -0.216. The molecule has 2 unspecified atom stereocenters. The van der Waals surface area contributed by atoms with Crippen LogP contribution in [0.25, 0.3) is 10.9 Å². The number of esters is 1. The number of aromatic amines is 1. The molecular weight excluding hydrogens is 312 g/mol. The van der Waals surface area contributed by atoms with Crippen molar-refractivity contribution in [1.29, 1.82) is 0 Å². The van der Waals surface area contributed by atoms with E-state index < -0.39 is 0 Å². The van der Waals surface area contributed by atoms with Crippen molar-refractivity contribution in [2.45, 2.75) is 32.4 Å². The molecule has 0 saturated carbocycles. The van der Waals surface area contributed by atoms with Crippen molar-refractivity contribution in [2.24, 2.45) is 0 Å². The number of hydrogen-bond donors (Lipinski definition) is 2. The van der Waals surface area contributed by atoms with Crippen molar-refractivity contribution in [1.82, 2.24) is 10.3 Å². The van der Waals surface area contributed by atoms with Crippen LogP contribution in [0.3, 0.4) is 0 Å². The van der Waals surface area contributed by atoms with Gasteiger partial charge in [0.2, 0.25) is 0 Å². The molecule has 3 aromatic rings. The number of rotatable bonds is 2. The highest BCUT2D eigenvalue weighted by molar-refractivity contribution is 5.87. The zero-order chi connectivity index (χ0) is 17.6. The van der Waals surface area contributed by atoms with E-state index in [1.54, 1.807) is 0 Å². The van der Waals surface area contributed by atoms with Crippen LogP contribution < -0.4 is 5.32 Å². The highest BCUT2D eigenvalue weighted by atomic mass is 16.5. The van der Waals surface area contributed by atoms with Gasteiger partial charge in [0, 0.05) is 23.0 Å². The second-order valence-corrected chi connectivity index (χ2v) is 6.73. The van der Waals surface area contributed by atoms with Gasteiger partial charge in [0.25, 0.3) is 0 Å². The lowest BCUT2D eigenvalue weighted by molar-refractivity contribution is -0.143. The van der Waals surface area contributed by atoms with E-state index in [9.17, 15) is 4.79 Å². The molecule has 0 aliphatic carbocycles. The number of hydrogen-bond acceptors (Lipinski definition) is 3. The van der Waals surface area contributed by atoms with Crippen LogP contribution in [0.2, 0.25) is 0 Å². The second-order valence-electron chi connectivity index (χ2n) is 6.73. The Hall–Kier alpha value is -2.59. The number of ether oxygens (including phenoxy) is 1. The smallest absolute Gasteiger partial charge is 0.323 e. The van der Waals surface area contributed by atoms with Crippen molar-refractivity contribution < 1.29 is 9.53 Å². The molecule has 4 heteroatoms. The minimum atomic E-state index is -0.346. The van der Waals surface area contributed by atoms with Gasteiger partial charge in [-0.25, -0.2) is 0 Å². The summed E-state index contributed by atoms with van der Waals surface area (Å²) in [6.45, 7) is 4.25. The number of H-pyrrole nitrogens is 1. The molecule has 25 heavy (non-hydrogen) atoms. The topological polar surface area (TPSA) is 54.1 Å². The van der Waals surface area contributed by atoms with Gasteiger partial charge in [-0.1, -0.05) is 36.4 Å². The van der Waals surface area contributed by atoms with E-state index in [2.05, 4.69) is 54.5 Å². The van der Waals surface area contributed by atoms with Gasteiger partial charge in [-0.3, -0.25) is 10.1 Å². The highest BCUT2D eigenvalue weighted by Crippen LogP contribution is 2.36. The standard InChI is InChI=1S/C21H22N2O2/c1-12-7-6-9-14(13(12)2)19-20-16(11-18(23-19)21(24)25-3)15-8-4-5-10-17(15)22-20/h4-10,18-19,22-23H,11H2,1-3H3. The molecular formula is C21H22N2O2. The Morgan fingerprint density at radius 2 is 1.92 bits per heavy atom. The lowest BCUT2D eigenvalue weighted by atomic mass is 9.87. The minimum Gasteiger partial charge on any atom is -0.468 e. The predicted molar refractivity (Wildman–Crippen MR) is 98.7 cm³/mol. The molecule has 0 spiro atoms. The molecule has 0 saturated heterocycles. The predicted octanol–water partition coefficient (Wildman–Crippen LogP) is 3.56. The van der Waals surface area contributed by atoms with Crippen molar-refractivity contribution in [3.8, 4) is 0 Å². The number of benzene rings is 2. The first-order valence-corrected chi connectivity index (χ1v) is 8.59. The Kier molecular flexibility index (Phi) is 3.85. The number of methoxy groups -OCH3 is 1. The van der Waals surface area contributed by atoms with E-state index in [4.69, 9.17) is 4.74 Å². The summed E-state index contributed by atoms with van der Waals surface area (Å²) in [6, 6.07) is 14.2. The maximum Gasteiger partial charge on any atom is 0.323 e. The molecule has 2 N–H and O–H groups in total. The number of carbonyl (C=O) groups excluding carboxylic acids is 1. The van der Waals surface area contributed by atoms with Crippen molar-refractivity contribution in [2.75, 3.05) is 7.11 Å². The largest absolute Gasteiger partial charge is 0.468 e. The fourth-order valence-electron chi connectivity index (χ4n) is 3.86. The maximum atomic E-state index is 12.3. The molecule has 128 valence electrons. The lowest BCUT2D eigenvalue weighted by Crippen LogP contribution is -2.45. The van der Waals surface area contributed by atoms with Crippen LogP contribution in [0.15, 0.2) is 42.5 Å². The van der Waals surface area contributed by atoms with E-state index in [1.807, 2.05) is 12.1 Å². The SMILES string of the molecule is COC(=O)C1Cc2c([nH]c3ccccc23)C(c2cccc(C)c2C)N1. The molecule has 4 rings (SSSR count). The van der Waals surface area contributed by atoms with Gasteiger partial charge in [-0.15, -0.1) is 0 Å². The zero-order valence-electron chi connectivity index (χ0n) is 14.7. The summed E-state index contributed by atoms with van der Waals surface area (Å²) >= 11 is 0. The number of nitrogens with one attached hydrogen (secondary N) is 2. The summed E-state index contributed by atoms with van der Waals surface area (Å²) in [6.07, 6.45) is 0.632. The van der Waals surface area contributed by atoms with Crippen LogP contribution in [-0.2, 0) is 16.0 Å². The minimum absolute atomic E-state index is 0.0554. The third kappa shape index (κ3) is 2.53. The average molecular weight is 334 g/mol. The molecule has 1 aliphatic heterocycles. The summed E-state index contributed by atoms with van der Waals surface area (Å²) in [4.78, 5) is 15.8. The summed E-state index contributed by atoms with van der Waals surface area (Å²) in [5, 5.41) is 4.68. The molecule has 0 fully saturated rings. The van der Waals surface area contributed by atoms with Crippen molar-refractivity contribution in [3.63, 3.8) is 0 Å². The summed E-state index contributed by atoms with van der Waals surface area (Å²) in [7, 11) is 1.45. The Balaban J connectivity index is 1.92. The molecule has 2 aromatic carbocycles. The number of carbonyl (C=O) groups is 1. The lowest BCUT2D eigenvalue weighted by Gasteiger charge is -2.31. The number of fused-ring (bicyclic) bond motifs is 3. The van der Waals surface area contributed by atoms with E-state index >= 15 is 0 Å². The zero-order valence-corrected chi connectivity index (χ0v) is 14.7. The van der Waals surface area contributed by atoms with E-state index in [-0.39, 0.29) is 18.1 Å². The first-order chi connectivity index (χ1) is 12.1. The summed E-state index contributed by atoms with van der Waals surface area (Å²) in [5.41, 5.74) is 7.15. The van der Waals surface area contributed by atoms with Crippen molar-refractivity contribution >= 4 is 16.9 Å². The van der Waals surface area contributed by atoms with Gasteiger partial charge >= 0.3 is 5.97 Å². The molecule has 0 amide bonds. The monoisotopic (exact) mass is 334 g/mol. The molecule has 1 aromatic heterocycles. The fraction of sp³-hybridized carbons (Fsp3) is 0.286. The third-order valence-electron chi connectivity index (χ3n) is 5.35. The van der Waals surface area contributed by atoms with Crippen LogP contribution in [-0.4, -0.2) is 24.1 Å². The Morgan fingerprint density at radius 1 is 1.12 bits per heavy atom. The second kappa shape index (κ2) is 6.05. The van der Waals surface area contributed by atoms with Crippen LogP contribution in [0.1, 0.15) is 34.0 Å². The highest BCUT2D eigenvalue weighted by Gasteiger charge is 2.35. The Labute approximate surface area is 147 Å². The molecule has 0 radical (unpaired) electrons. The van der Waals surface area contributed by atoms with Crippen LogP contribution >= 0.6 is 0 Å². The summed E-state index contributed by atoms with van der Waals surface area (Å²) < 4.78 is 5.02. The first-order valence-electron chi connectivity index (χ1n) is 8.59. The average Bonchev–Trinajstić information content (AvgIpc) is 3.01. The molecule has 4 nitrogen and oxygen atoms in total.